The van der Waals surface area contributed by atoms with Gasteiger partial charge in [0, 0.05) is 25.1 Å². The molecule has 142 valence electrons. The van der Waals surface area contributed by atoms with E-state index in [0.717, 1.165) is 16.8 Å². The largest absolute Gasteiger partial charge is 0.390 e. The summed E-state index contributed by atoms with van der Waals surface area (Å²) in [5, 5.41) is 4.70. The van der Waals surface area contributed by atoms with Gasteiger partial charge in [0.15, 0.2) is 6.10 Å². The second-order valence-corrected chi connectivity index (χ2v) is 6.68. The minimum atomic E-state index is -0.300. The van der Waals surface area contributed by atoms with Gasteiger partial charge in [-0.05, 0) is 29.3 Å². The van der Waals surface area contributed by atoms with Gasteiger partial charge in [0.2, 0.25) is 5.91 Å². The molecular formula is C20H20ClFN2O3. The van der Waals surface area contributed by atoms with E-state index in [1.807, 2.05) is 18.2 Å². The second kappa shape index (κ2) is 8.97. The highest BCUT2D eigenvalue weighted by Crippen LogP contribution is 2.21. The number of hydrogen-bond acceptors (Lipinski definition) is 4. The molecule has 7 heteroatoms. The number of nitrogens with zero attached hydrogens (tertiary/aromatic N) is 2. The van der Waals surface area contributed by atoms with Gasteiger partial charge in [-0.15, -0.1) is 0 Å². The Morgan fingerprint density at radius 3 is 2.74 bits per heavy atom. The van der Waals surface area contributed by atoms with Crippen LogP contribution in [-0.2, 0) is 20.9 Å². The van der Waals surface area contributed by atoms with E-state index in [0.29, 0.717) is 24.5 Å². The van der Waals surface area contributed by atoms with Gasteiger partial charge >= 0.3 is 0 Å². The van der Waals surface area contributed by atoms with E-state index in [9.17, 15) is 9.18 Å². The number of ether oxygens (including phenoxy) is 1. The maximum Gasteiger partial charge on any atom is 0.248 e. The number of methoxy groups -OCH3 is 1. The topological polar surface area (TPSA) is 51.1 Å². The summed E-state index contributed by atoms with van der Waals surface area (Å²) in [4.78, 5) is 19.6. The second-order valence-electron chi connectivity index (χ2n) is 6.28. The molecule has 0 saturated carbocycles. The molecule has 1 amide bonds. The summed E-state index contributed by atoms with van der Waals surface area (Å²) in [6.07, 6.45) is 0.249. The molecule has 1 aliphatic heterocycles. The van der Waals surface area contributed by atoms with Crippen molar-refractivity contribution in [2.45, 2.75) is 19.1 Å². The summed E-state index contributed by atoms with van der Waals surface area (Å²) in [6.45, 7) is 0.679. The Balaban J connectivity index is 1.67. The van der Waals surface area contributed by atoms with Crippen LogP contribution in [-0.4, -0.2) is 42.9 Å². The normalized spacial score (nSPS) is 16.0. The van der Waals surface area contributed by atoms with Crippen molar-refractivity contribution in [3.05, 3.63) is 70.5 Å². The van der Waals surface area contributed by atoms with Crippen molar-refractivity contribution < 1.29 is 18.8 Å². The van der Waals surface area contributed by atoms with Crippen LogP contribution in [0.25, 0.3) is 0 Å². The van der Waals surface area contributed by atoms with Crippen LogP contribution in [0, 0.1) is 5.82 Å². The number of carbonyl (C=O) groups excluding carboxylic acids is 1. The molecule has 1 atom stereocenters. The molecule has 0 fully saturated rings. The average molecular weight is 391 g/mol. The summed E-state index contributed by atoms with van der Waals surface area (Å²) in [5.74, 6) is -0.456. The fourth-order valence-electron chi connectivity index (χ4n) is 2.89. The highest BCUT2D eigenvalue weighted by atomic mass is 35.5. The first-order chi connectivity index (χ1) is 13.1. The van der Waals surface area contributed by atoms with Crippen molar-refractivity contribution in [1.82, 2.24) is 4.90 Å². The quantitative estimate of drug-likeness (QED) is 0.725. The molecule has 1 heterocycles. The van der Waals surface area contributed by atoms with Gasteiger partial charge in [0.1, 0.15) is 12.4 Å². The monoisotopic (exact) mass is 390 g/mol. The minimum absolute atomic E-state index is 0.0250. The molecule has 0 spiro atoms. The fourth-order valence-corrected chi connectivity index (χ4v) is 3.08. The van der Waals surface area contributed by atoms with Crippen LogP contribution >= 0.6 is 11.6 Å². The van der Waals surface area contributed by atoms with Crippen molar-refractivity contribution in [2.75, 3.05) is 20.3 Å². The number of rotatable bonds is 7. The smallest absolute Gasteiger partial charge is 0.248 e. The van der Waals surface area contributed by atoms with Crippen molar-refractivity contribution in [3.63, 3.8) is 0 Å². The molecule has 0 N–H and O–H groups in total. The fraction of sp³-hybridized carbons (Fsp3) is 0.300. The molecule has 0 bridgehead atoms. The van der Waals surface area contributed by atoms with Crippen molar-refractivity contribution in [1.29, 1.82) is 0 Å². The molecule has 27 heavy (non-hydrogen) atoms. The standard InChI is InChI=1S/C20H20ClFN2O3/c1-26-13-20(25)24(11-15-4-2-3-5-18(15)21)12-17-10-19(23-27-17)14-6-8-16(22)9-7-14/h2-9,17H,10-13H2,1H3/t17-/m0/s1. The van der Waals surface area contributed by atoms with Crippen LogP contribution in [0.4, 0.5) is 4.39 Å². The van der Waals surface area contributed by atoms with E-state index in [4.69, 9.17) is 21.2 Å². The summed E-state index contributed by atoms with van der Waals surface area (Å²) in [6, 6.07) is 13.5. The van der Waals surface area contributed by atoms with Crippen LogP contribution < -0.4 is 0 Å². The molecule has 0 saturated heterocycles. The Bertz CT molecular complexity index is 826. The van der Waals surface area contributed by atoms with Crippen LogP contribution in [0.1, 0.15) is 17.5 Å². The van der Waals surface area contributed by atoms with E-state index in [-0.39, 0.29) is 24.4 Å². The SMILES string of the molecule is COCC(=O)N(Cc1ccccc1Cl)C[C@@H]1CC(c2ccc(F)cc2)=NO1. The Hall–Kier alpha value is -2.44. The van der Waals surface area contributed by atoms with E-state index >= 15 is 0 Å². The van der Waals surface area contributed by atoms with Gasteiger partial charge in [-0.1, -0.05) is 47.1 Å². The van der Waals surface area contributed by atoms with Gasteiger partial charge in [-0.25, -0.2) is 4.39 Å². The van der Waals surface area contributed by atoms with Crippen LogP contribution in [0.15, 0.2) is 53.7 Å². The zero-order chi connectivity index (χ0) is 19.2. The molecule has 0 unspecified atom stereocenters. The number of hydrogen-bond donors (Lipinski definition) is 0. The Labute approximate surface area is 162 Å². The lowest BCUT2D eigenvalue weighted by atomic mass is 10.0. The van der Waals surface area contributed by atoms with Gasteiger partial charge < -0.3 is 14.5 Å². The number of amides is 1. The minimum Gasteiger partial charge on any atom is -0.390 e. The number of oxime groups is 1. The van der Waals surface area contributed by atoms with Gasteiger partial charge in [-0.2, -0.15) is 0 Å². The average Bonchev–Trinajstić information content (AvgIpc) is 3.12. The molecular weight excluding hydrogens is 371 g/mol. The summed E-state index contributed by atoms with van der Waals surface area (Å²) >= 11 is 6.23. The molecule has 0 aromatic heterocycles. The van der Waals surface area contributed by atoms with Gasteiger partial charge in [0.05, 0.1) is 12.3 Å². The van der Waals surface area contributed by atoms with Crippen LogP contribution in [0.5, 0.6) is 0 Å². The predicted molar refractivity (Wildman–Crippen MR) is 101 cm³/mol. The van der Waals surface area contributed by atoms with E-state index in [2.05, 4.69) is 5.16 Å². The highest BCUT2D eigenvalue weighted by molar-refractivity contribution is 6.31. The summed E-state index contributed by atoms with van der Waals surface area (Å²) in [5.41, 5.74) is 2.39. The van der Waals surface area contributed by atoms with E-state index in [1.54, 1.807) is 23.1 Å². The summed E-state index contributed by atoms with van der Waals surface area (Å²) < 4.78 is 18.1. The van der Waals surface area contributed by atoms with Crippen molar-refractivity contribution in [3.8, 4) is 0 Å². The lowest BCUT2D eigenvalue weighted by molar-refractivity contribution is -0.137. The third-order valence-corrected chi connectivity index (χ3v) is 4.64. The third-order valence-electron chi connectivity index (χ3n) is 4.27. The first-order valence-electron chi connectivity index (χ1n) is 8.55. The molecule has 0 radical (unpaired) electrons. The number of halogens is 2. The van der Waals surface area contributed by atoms with Crippen molar-refractivity contribution in [2.24, 2.45) is 5.16 Å². The highest BCUT2D eigenvalue weighted by Gasteiger charge is 2.27. The first-order valence-corrected chi connectivity index (χ1v) is 8.93. The molecule has 2 aromatic rings. The van der Waals surface area contributed by atoms with Crippen LogP contribution in [0.2, 0.25) is 5.02 Å². The number of benzene rings is 2. The maximum atomic E-state index is 13.1. The lowest BCUT2D eigenvalue weighted by Crippen LogP contribution is -2.39. The predicted octanol–water partition coefficient (Wildman–Crippen LogP) is 3.65. The molecule has 3 rings (SSSR count). The third kappa shape index (κ3) is 5.05. The zero-order valence-electron chi connectivity index (χ0n) is 14.9. The summed E-state index contributed by atoms with van der Waals surface area (Å²) in [7, 11) is 1.48. The Morgan fingerprint density at radius 2 is 2.04 bits per heavy atom. The Kier molecular flexibility index (Phi) is 6.42. The molecule has 0 aliphatic carbocycles. The van der Waals surface area contributed by atoms with Crippen LogP contribution in [0.3, 0.4) is 0 Å². The first kappa shape index (κ1) is 19.3. The number of carbonyl (C=O) groups is 1. The Morgan fingerprint density at radius 1 is 1.30 bits per heavy atom. The molecule has 1 aliphatic rings. The van der Waals surface area contributed by atoms with E-state index in [1.165, 1.54) is 19.2 Å². The van der Waals surface area contributed by atoms with Gasteiger partial charge in [0.25, 0.3) is 0 Å². The maximum absolute atomic E-state index is 13.1. The molecule has 2 aromatic carbocycles. The lowest BCUT2D eigenvalue weighted by Gasteiger charge is -2.25. The van der Waals surface area contributed by atoms with Gasteiger partial charge in [-0.3, -0.25) is 4.79 Å². The molecule has 5 nitrogen and oxygen atoms in total. The van der Waals surface area contributed by atoms with E-state index < -0.39 is 0 Å². The van der Waals surface area contributed by atoms with Crippen molar-refractivity contribution >= 4 is 23.2 Å². The zero-order valence-corrected chi connectivity index (χ0v) is 15.7.